The Morgan fingerprint density at radius 1 is 1.28 bits per heavy atom. The van der Waals surface area contributed by atoms with Crippen molar-refractivity contribution in [1.29, 1.82) is 0 Å². The van der Waals surface area contributed by atoms with E-state index in [4.69, 9.17) is 11.6 Å². The van der Waals surface area contributed by atoms with E-state index in [0.29, 0.717) is 11.3 Å². The second kappa shape index (κ2) is 4.57. The van der Waals surface area contributed by atoms with E-state index in [9.17, 15) is 4.79 Å². The molecule has 0 unspecified atom stereocenters. The van der Waals surface area contributed by atoms with Crippen molar-refractivity contribution >= 4 is 28.9 Å². The lowest BCUT2D eigenvalue weighted by Crippen LogP contribution is -2.40. The molecule has 94 valence electrons. The quantitative estimate of drug-likeness (QED) is 0.615. The first-order chi connectivity index (χ1) is 8.79. The highest BCUT2D eigenvalue weighted by molar-refractivity contribution is 6.28. The first-order valence-corrected chi connectivity index (χ1v) is 6.42. The van der Waals surface area contributed by atoms with Crippen LogP contribution in [0.25, 0.3) is 11.0 Å². The van der Waals surface area contributed by atoms with Gasteiger partial charge in [0.05, 0.1) is 0 Å². The van der Waals surface area contributed by atoms with E-state index in [2.05, 4.69) is 15.0 Å². The van der Waals surface area contributed by atoms with Crippen molar-refractivity contribution in [3.05, 3.63) is 23.2 Å². The van der Waals surface area contributed by atoms with Gasteiger partial charge >= 0.3 is 0 Å². The van der Waals surface area contributed by atoms with Gasteiger partial charge in [0.1, 0.15) is 5.69 Å². The molecule has 1 fully saturated rings. The SMILES string of the molecule is O=Cc1cc2cnc(Cl)nc2n1N1CCCCC1. The molecule has 0 saturated carbocycles. The third-order valence-electron chi connectivity index (χ3n) is 3.25. The highest BCUT2D eigenvalue weighted by Gasteiger charge is 2.18. The van der Waals surface area contributed by atoms with Crippen molar-refractivity contribution in [2.75, 3.05) is 18.1 Å². The Hall–Kier alpha value is -1.62. The van der Waals surface area contributed by atoms with Crippen molar-refractivity contribution in [1.82, 2.24) is 14.6 Å². The van der Waals surface area contributed by atoms with Crippen LogP contribution >= 0.6 is 11.6 Å². The number of piperidine rings is 1. The fourth-order valence-electron chi connectivity index (χ4n) is 2.43. The number of hydrogen-bond acceptors (Lipinski definition) is 4. The maximum absolute atomic E-state index is 11.2. The van der Waals surface area contributed by atoms with Crippen LogP contribution in [0.3, 0.4) is 0 Å². The van der Waals surface area contributed by atoms with Crippen LogP contribution in [0.1, 0.15) is 29.8 Å². The lowest BCUT2D eigenvalue weighted by Gasteiger charge is -2.30. The first-order valence-electron chi connectivity index (χ1n) is 6.04. The fourth-order valence-corrected chi connectivity index (χ4v) is 2.56. The standard InChI is InChI=1S/C12H13ClN4O/c13-12-14-7-9-6-10(8-18)17(11(9)15-12)16-4-2-1-3-5-16/h6-8H,1-5H2. The third kappa shape index (κ3) is 1.84. The van der Waals surface area contributed by atoms with Crippen LogP contribution in [-0.2, 0) is 0 Å². The third-order valence-corrected chi connectivity index (χ3v) is 3.43. The van der Waals surface area contributed by atoms with Gasteiger partial charge in [0.15, 0.2) is 11.9 Å². The summed E-state index contributed by atoms with van der Waals surface area (Å²) in [5, 5.41) is 3.20. The van der Waals surface area contributed by atoms with Crippen molar-refractivity contribution < 1.29 is 4.79 Å². The first kappa shape index (κ1) is 11.5. The van der Waals surface area contributed by atoms with Crippen LogP contribution in [-0.4, -0.2) is 34.0 Å². The Labute approximate surface area is 109 Å². The summed E-state index contributed by atoms with van der Waals surface area (Å²) in [5.74, 6) is 0. The van der Waals surface area contributed by atoms with E-state index < -0.39 is 0 Å². The van der Waals surface area contributed by atoms with Crippen LogP contribution in [0.4, 0.5) is 0 Å². The average molecular weight is 265 g/mol. The molecule has 6 heteroatoms. The number of nitrogens with zero attached hydrogens (tertiary/aromatic N) is 4. The summed E-state index contributed by atoms with van der Waals surface area (Å²) in [4.78, 5) is 19.4. The Morgan fingerprint density at radius 3 is 2.78 bits per heavy atom. The van der Waals surface area contributed by atoms with Crippen molar-refractivity contribution in [2.24, 2.45) is 0 Å². The predicted octanol–water partition coefficient (Wildman–Crippen LogP) is 2.02. The molecule has 1 saturated heterocycles. The predicted molar refractivity (Wildman–Crippen MR) is 69.7 cm³/mol. The summed E-state index contributed by atoms with van der Waals surface area (Å²) < 4.78 is 1.87. The Bertz CT molecular complexity index is 589. The largest absolute Gasteiger partial charge is 0.311 e. The second-order valence-electron chi connectivity index (χ2n) is 4.43. The van der Waals surface area contributed by atoms with E-state index in [1.54, 1.807) is 12.3 Å². The molecule has 0 atom stereocenters. The fraction of sp³-hybridized carbons (Fsp3) is 0.417. The molecule has 2 aromatic heterocycles. The lowest BCUT2D eigenvalue weighted by atomic mass is 10.2. The summed E-state index contributed by atoms with van der Waals surface area (Å²) in [6.45, 7) is 1.87. The zero-order valence-electron chi connectivity index (χ0n) is 9.84. The molecule has 0 spiro atoms. The van der Waals surface area contributed by atoms with Crippen LogP contribution in [0.15, 0.2) is 12.3 Å². The lowest BCUT2D eigenvalue weighted by molar-refractivity contribution is 0.111. The topological polar surface area (TPSA) is 51.0 Å². The van der Waals surface area contributed by atoms with Gasteiger partial charge in [0.2, 0.25) is 5.28 Å². The Kier molecular flexibility index (Phi) is 2.91. The van der Waals surface area contributed by atoms with E-state index in [1.807, 2.05) is 4.68 Å². The summed E-state index contributed by atoms with van der Waals surface area (Å²) in [6.07, 6.45) is 6.01. The number of aldehydes is 1. The van der Waals surface area contributed by atoms with Gasteiger partial charge in [-0.1, -0.05) is 0 Å². The number of rotatable bonds is 2. The molecule has 0 N–H and O–H groups in total. The number of aromatic nitrogens is 3. The van der Waals surface area contributed by atoms with E-state index in [1.165, 1.54) is 6.42 Å². The molecule has 2 aromatic rings. The normalized spacial score (nSPS) is 16.2. The Morgan fingerprint density at radius 2 is 2.06 bits per heavy atom. The maximum Gasteiger partial charge on any atom is 0.224 e. The van der Waals surface area contributed by atoms with Gasteiger partial charge in [0, 0.05) is 24.7 Å². The maximum atomic E-state index is 11.2. The van der Waals surface area contributed by atoms with E-state index in [0.717, 1.165) is 37.6 Å². The molecule has 0 bridgehead atoms. The molecule has 0 radical (unpaired) electrons. The Balaban J connectivity index is 2.17. The summed E-state index contributed by atoms with van der Waals surface area (Å²) in [7, 11) is 0. The number of hydrogen-bond donors (Lipinski definition) is 0. The second-order valence-corrected chi connectivity index (χ2v) is 4.77. The molecule has 0 aliphatic carbocycles. The highest BCUT2D eigenvalue weighted by Crippen LogP contribution is 2.20. The van der Waals surface area contributed by atoms with Crippen LogP contribution in [0.5, 0.6) is 0 Å². The van der Waals surface area contributed by atoms with Gasteiger partial charge in [-0.05, 0) is 36.9 Å². The molecular formula is C12H13ClN4O. The van der Waals surface area contributed by atoms with Crippen molar-refractivity contribution in [2.45, 2.75) is 19.3 Å². The molecule has 1 aliphatic rings. The van der Waals surface area contributed by atoms with Crippen LogP contribution < -0.4 is 5.01 Å². The number of fused-ring (bicyclic) bond motifs is 1. The molecule has 18 heavy (non-hydrogen) atoms. The van der Waals surface area contributed by atoms with Gasteiger partial charge in [-0.3, -0.25) is 4.79 Å². The number of carbonyl (C=O) groups is 1. The molecule has 3 rings (SSSR count). The minimum atomic E-state index is 0.205. The molecule has 3 heterocycles. The minimum Gasteiger partial charge on any atom is -0.311 e. The van der Waals surface area contributed by atoms with Crippen LogP contribution in [0.2, 0.25) is 5.28 Å². The van der Waals surface area contributed by atoms with Gasteiger partial charge in [0.25, 0.3) is 0 Å². The van der Waals surface area contributed by atoms with Crippen molar-refractivity contribution in [3.8, 4) is 0 Å². The highest BCUT2D eigenvalue weighted by atomic mass is 35.5. The van der Waals surface area contributed by atoms with Gasteiger partial charge < -0.3 is 5.01 Å². The summed E-state index contributed by atoms with van der Waals surface area (Å²) in [5.41, 5.74) is 1.31. The van der Waals surface area contributed by atoms with Gasteiger partial charge in [-0.2, -0.15) is 4.98 Å². The average Bonchev–Trinajstić information content (AvgIpc) is 2.77. The van der Waals surface area contributed by atoms with Gasteiger partial charge in [-0.25, -0.2) is 9.66 Å². The summed E-state index contributed by atoms with van der Waals surface area (Å²) in [6, 6.07) is 1.80. The molecule has 0 amide bonds. The summed E-state index contributed by atoms with van der Waals surface area (Å²) >= 11 is 5.84. The number of halogens is 1. The smallest absolute Gasteiger partial charge is 0.224 e. The van der Waals surface area contributed by atoms with E-state index >= 15 is 0 Å². The molecule has 1 aliphatic heterocycles. The molecule has 5 nitrogen and oxygen atoms in total. The minimum absolute atomic E-state index is 0.205. The molecular weight excluding hydrogens is 252 g/mol. The zero-order valence-corrected chi connectivity index (χ0v) is 10.6. The van der Waals surface area contributed by atoms with Crippen molar-refractivity contribution in [3.63, 3.8) is 0 Å². The zero-order chi connectivity index (χ0) is 12.5. The number of carbonyl (C=O) groups excluding carboxylic acids is 1. The van der Waals surface area contributed by atoms with Gasteiger partial charge in [-0.15, -0.1) is 0 Å². The van der Waals surface area contributed by atoms with Crippen LogP contribution in [0, 0.1) is 0 Å². The monoisotopic (exact) mass is 264 g/mol. The van der Waals surface area contributed by atoms with E-state index in [-0.39, 0.29) is 5.28 Å². The molecule has 0 aromatic carbocycles.